The summed E-state index contributed by atoms with van der Waals surface area (Å²) in [6.07, 6.45) is 2.78. The van der Waals surface area contributed by atoms with E-state index in [4.69, 9.17) is 11.5 Å². The number of nitrogens with zero attached hydrogens (tertiary/aromatic N) is 2. The Morgan fingerprint density at radius 2 is 2.08 bits per heavy atom. The number of halogens is 1. The van der Waals surface area contributed by atoms with E-state index >= 15 is 0 Å². The van der Waals surface area contributed by atoms with Crippen LogP contribution in [0.4, 0.5) is 11.4 Å². The lowest BCUT2D eigenvalue weighted by Crippen LogP contribution is -2.49. The van der Waals surface area contributed by atoms with E-state index in [1.807, 2.05) is 0 Å². The molecule has 26 heavy (non-hydrogen) atoms. The van der Waals surface area contributed by atoms with Gasteiger partial charge in [-0.05, 0) is 25.3 Å². The van der Waals surface area contributed by atoms with Gasteiger partial charge in [0.2, 0.25) is 5.91 Å². The zero-order valence-electron chi connectivity index (χ0n) is 14.3. The maximum Gasteiger partial charge on any atom is 0.270 e. The second kappa shape index (κ2) is 9.93. The lowest BCUT2D eigenvalue weighted by atomic mass is 10.00. The molecule has 0 bridgehead atoms. The van der Waals surface area contributed by atoms with Gasteiger partial charge in [0.25, 0.3) is 11.6 Å². The largest absolute Gasteiger partial charge is 0.398 e. The summed E-state index contributed by atoms with van der Waals surface area (Å²) in [6, 6.07) is 3.68. The number of piperidine rings is 1. The number of rotatable bonds is 6. The maximum atomic E-state index is 12.9. The number of nitrogen functional groups attached to an aromatic ring is 1. The number of likely N-dealkylation sites (tertiary alicyclic amines) is 1. The molecule has 9 nitrogen and oxygen atoms in total. The van der Waals surface area contributed by atoms with Gasteiger partial charge in [-0.2, -0.15) is 0 Å². The van der Waals surface area contributed by atoms with Crippen LogP contribution in [-0.4, -0.2) is 47.3 Å². The number of non-ortho nitro benzene ring substituents is 1. The van der Waals surface area contributed by atoms with Gasteiger partial charge in [0.1, 0.15) is 0 Å². The molecule has 1 heterocycles. The number of benzene rings is 1. The molecule has 0 radical (unpaired) electrons. The number of carbonyl (C=O) groups is 2. The predicted octanol–water partition coefficient (Wildman–Crippen LogP) is 1.06. The summed E-state index contributed by atoms with van der Waals surface area (Å²) >= 11 is 0. The van der Waals surface area contributed by atoms with E-state index in [0.29, 0.717) is 13.1 Å². The van der Waals surface area contributed by atoms with Crippen molar-refractivity contribution < 1.29 is 14.5 Å². The molecular weight excluding hydrogens is 362 g/mol. The molecule has 10 heteroatoms. The van der Waals surface area contributed by atoms with E-state index in [9.17, 15) is 19.7 Å². The van der Waals surface area contributed by atoms with Gasteiger partial charge in [-0.3, -0.25) is 19.7 Å². The number of nitrogens with one attached hydrogen (secondary N) is 1. The molecule has 0 spiro atoms. The third-order valence-electron chi connectivity index (χ3n) is 4.27. The highest BCUT2D eigenvalue weighted by Crippen LogP contribution is 2.25. The third-order valence-corrected chi connectivity index (χ3v) is 4.27. The quantitative estimate of drug-likeness (QED) is 0.379. The molecular formula is C16H24ClN5O4. The molecule has 5 N–H and O–H groups in total. The van der Waals surface area contributed by atoms with Gasteiger partial charge in [-0.15, -0.1) is 12.4 Å². The van der Waals surface area contributed by atoms with Crippen molar-refractivity contribution in [3.63, 3.8) is 0 Å². The summed E-state index contributed by atoms with van der Waals surface area (Å²) in [5, 5.41) is 13.7. The fourth-order valence-electron chi connectivity index (χ4n) is 2.93. The van der Waals surface area contributed by atoms with Crippen LogP contribution in [0.5, 0.6) is 0 Å². The van der Waals surface area contributed by atoms with Crippen molar-refractivity contribution in [2.24, 2.45) is 5.73 Å². The Hall–Kier alpha value is -2.39. The van der Waals surface area contributed by atoms with Crippen molar-refractivity contribution in [1.29, 1.82) is 0 Å². The minimum Gasteiger partial charge on any atom is -0.398 e. The zero-order chi connectivity index (χ0) is 18.4. The molecule has 0 aromatic heterocycles. The van der Waals surface area contributed by atoms with Crippen LogP contribution in [0.1, 0.15) is 36.0 Å². The SMILES string of the molecule is Cl.NCCC(=O)NCC1CCCCN1C(=O)c1cc([N+](=O)[O-])ccc1N. The Balaban J connectivity index is 0.00000338. The maximum absolute atomic E-state index is 12.9. The molecule has 1 aliphatic heterocycles. The minimum atomic E-state index is -0.559. The van der Waals surface area contributed by atoms with E-state index < -0.39 is 4.92 Å². The molecule has 144 valence electrons. The normalized spacial score (nSPS) is 16.5. The van der Waals surface area contributed by atoms with Gasteiger partial charge in [0.05, 0.1) is 10.5 Å². The highest BCUT2D eigenvalue weighted by Gasteiger charge is 2.29. The van der Waals surface area contributed by atoms with E-state index in [1.54, 1.807) is 4.90 Å². The van der Waals surface area contributed by atoms with Crippen LogP contribution in [0.25, 0.3) is 0 Å². The molecule has 1 aliphatic rings. The van der Waals surface area contributed by atoms with Crippen molar-refractivity contribution in [3.8, 4) is 0 Å². The van der Waals surface area contributed by atoms with E-state index in [-0.39, 0.29) is 60.2 Å². The molecule has 1 saturated heterocycles. The van der Waals surface area contributed by atoms with Crippen LogP contribution in [0.3, 0.4) is 0 Å². The Bertz CT molecular complexity index is 670. The average Bonchev–Trinajstić information content (AvgIpc) is 2.60. The number of carbonyl (C=O) groups excluding carboxylic acids is 2. The Kier molecular flexibility index (Phi) is 8.27. The van der Waals surface area contributed by atoms with Gasteiger partial charge in [0, 0.05) is 49.9 Å². The fraction of sp³-hybridized carbons (Fsp3) is 0.500. The van der Waals surface area contributed by atoms with E-state index in [1.165, 1.54) is 18.2 Å². The van der Waals surface area contributed by atoms with Crippen molar-refractivity contribution in [2.45, 2.75) is 31.7 Å². The third kappa shape index (κ3) is 5.30. The second-order valence-corrected chi connectivity index (χ2v) is 6.02. The van der Waals surface area contributed by atoms with Crippen LogP contribution in [0.2, 0.25) is 0 Å². The number of nitro benzene ring substituents is 1. The first-order chi connectivity index (χ1) is 11.9. The molecule has 1 atom stereocenters. The molecule has 2 rings (SSSR count). The van der Waals surface area contributed by atoms with Crippen LogP contribution < -0.4 is 16.8 Å². The first-order valence-corrected chi connectivity index (χ1v) is 8.25. The van der Waals surface area contributed by atoms with Gasteiger partial charge in [-0.1, -0.05) is 0 Å². The Labute approximate surface area is 157 Å². The first-order valence-electron chi connectivity index (χ1n) is 8.25. The highest BCUT2D eigenvalue weighted by molar-refractivity contribution is 6.00. The molecule has 1 aromatic rings. The first kappa shape index (κ1) is 21.7. The molecule has 2 amide bonds. The average molecular weight is 386 g/mol. The van der Waals surface area contributed by atoms with E-state index in [2.05, 4.69) is 5.32 Å². The summed E-state index contributed by atoms with van der Waals surface area (Å²) in [4.78, 5) is 36.5. The smallest absolute Gasteiger partial charge is 0.270 e. The summed E-state index contributed by atoms with van der Waals surface area (Å²) < 4.78 is 0. The summed E-state index contributed by atoms with van der Waals surface area (Å²) in [5.41, 5.74) is 11.3. The summed E-state index contributed by atoms with van der Waals surface area (Å²) in [6.45, 7) is 1.13. The number of nitrogens with two attached hydrogens (primary N) is 2. The topological polar surface area (TPSA) is 145 Å². The van der Waals surface area contributed by atoms with Crippen molar-refractivity contribution >= 4 is 35.6 Å². The number of hydrogen-bond acceptors (Lipinski definition) is 6. The van der Waals surface area contributed by atoms with Crippen molar-refractivity contribution in [2.75, 3.05) is 25.4 Å². The number of nitro groups is 1. The molecule has 1 unspecified atom stereocenters. The van der Waals surface area contributed by atoms with Crippen LogP contribution in [-0.2, 0) is 4.79 Å². The predicted molar refractivity (Wildman–Crippen MR) is 100 cm³/mol. The molecule has 0 saturated carbocycles. The van der Waals surface area contributed by atoms with Gasteiger partial charge >= 0.3 is 0 Å². The van der Waals surface area contributed by atoms with Crippen LogP contribution in [0, 0.1) is 10.1 Å². The standard InChI is InChI=1S/C16H23N5O4.ClH/c17-7-6-15(22)19-10-12-3-1-2-8-20(12)16(23)13-9-11(21(24)25)4-5-14(13)18;/h4-5,9,12H,1-3,6-8,10,17-18H2,(H,19,22);1H. The van der Waals surface area contributed by atoms with Gasteiger partial charge in [0.15, 0.2) is 0 Å². The van der Waals surface area contributed by atoms with Crippen LogP contribution in [0.15, 0.2) is 18.2 Å². The number of anilines is 1. The zero-order valence-corrected chi connectivity index (χ0v) is 15.2. The van der Waals surface area contributed by atoms with Crippen LogP contribution >= 0.6 is 12.4 Å². The highest BCUT2D eigenvalue weighted by atomic mass is 35.5. The Morgan fingerprint density at radius 3 is 2.73 bits per heavy atom. The summed E-state index contributed by atoms with van der Waals surface area (Å²) in [7, 11) is 0. The lowest BCUT2D eigenvalue weighted by molar-refractivity contribution is -0.384. The lowest BCUT2D eigenvalue weighted by Gasteiger charge is -2.36. The molecule has 0 aliphatic carbocycles. The fourth-order valence-corrected chi connectivity index (χ4v) is 2.93. The number of hydrogen-bond donors (Lipinski definition) is 3. The van der Waals surface area contributed by atoms with Crippen molar-refractivity contribution in [3.05, 3.63) is 33.9 Å². The van der Waals surface area contributed by atoms with Gasteiger partial charge < -0.3 is 21.7 Å². The number of amides is 2. The minimum absolute atomic E-state index is 0. The monoisotopic (exact) mass is 385 g/mol. The second-order valence-electron chi connectivity index (χ2n) is 6.02. The molecule has 1 fully saturated rings. The van der Waals surface area contributed by atoms with Gasteiger partial charge in [-0.25, -0.2) is 0 Å². The van der Waals surface area contributed by atoms with E-state index in [0.717, 1.165) is 19.3 Å². The Morgan fingerprint density at radius 1 is 1.35 bits per heavy atom. The summed E-state index contributed by atoms with van der Waals surface area (Å²) in [5.74, 6) is -0.505. The van der Waals surface area contributed by atoms with Crippen molar-refractivity contribution in [1.82, 2.24) is 10.2 Å². The molecule has 1 aromatic carbocycles.